The fourth-order valence-electron chi connectivity index (χ4n) is 3.81. The Balaban J connectivity index is 1.67. The third-order valence-electron chi connectivity index (χ3n) is 5.12. The van der Waals surface area contributed by atoms with E-state index < -0.39 is 18.4 Å². The zero-order chi connectivity index (χ0) is 17.3. The summed E-state index contributed by atoms with van der Waals surface area (Å²) in [4.78, 5) is 25.2. The molecule has 0 aromatic rings. The molecule has 5 atom stereocenters. The van der Waals surface area contributed by atoms with E-state index in [1.807, 2.05) is 6.92 Å². The summed E-state index contributed by atoms with van der Waals surface area (Å²) in [7, 11) is 0. The van der Waals surface area contributed by atoms with Crippen LogP contribution in [-0.4, -0.2) is 78.8 Å². The number of rotatable bonds is 4. The lowest BCUT2D eigenvalue weighted by Crippen LogP contribution is -2.66. The number of aliphatic hydroxyl groups is 1. The Kier molecular flexibility index (Phi) is 5.24. The monoisotopic (exact) mass is 342 g/mol. The fourth-order valence-corrected chi connectivity index (χ4v) is 3.81. The lowest BCUT2D eigenvalue weighted by atomic mass is 9.90. The number of primary amides is 1. The summed E-state index contributed by atoms with van der Waals surface area (Å²) in [6.45, 7) is 3.94. The van der Waals surface area contributed by atoms with Crippen molar-refractivity contribution >= 4 is 11.9 Å². The van der Waals surface area contributed by atoms with Gasteiger partial charge < -0.3 is 30.9 Å². The van der Waals surface area contributed by atoms with Crippen molar-refractivity contribution in [2.24, 2.45) is 11.7 Å². The van der Waals surface area contributed by atoms with Gasteiger partial charge in [-0.05, 0) is 32.9 Å². The first-order valence-corrected chi connectivity index (χ1v) is 8.54. The van der Waals surface area contributed by atoms with Crippen molar-refractivity contribution in [1.82, 2.24) is 15.5 Å². The maximum Gasteiger partial charge on any atom is 0.315 e. The van der Waals surface area contributed by atoms with Gasteiger partial charge in [-0.25, -0.2) is 4.79 Å². The number of amides is 3. The molecule has 0 aliphatic carbocycles. The van der Waals surface area contributed by atoms with Gasteiger partial charge in [-0.3, -0.25) is 9.69 Å². The molecule has 0 aromatic carbocycles. The molecule has 9 nitrogen and oxygen atoms in total. The molecule has 136 valence electrons. The van der Waals surface area contributed by atoms with Crippen LogP contribution in [0.15, 0.2) is 0 Å². The van der Waals surface area contributed by atoms with Gasteiger partial charge in [0.05, 0.1) is 24.8 Å². The highest BCUT2D eigenvalue weighted by atomic mass is 16.7. The third kappa shape index (κ3) is 3.34. The minimum absolute atomic E-state index is 0.121. The number of piperidine rings is 1. The van der Waals surface area contributed by atoms with E-state index in [0.717, 1.165) is 0 Å². The number of likely N-dealkylation sites (tertiary alicyclic amines) is 1. The third-order valence-corrected chi connectivity index (χ3v) is 5.12. The number of nitrogens with zero attached hydrogens (tertiary/aromatic N) is 1. The average Bonchev–Trinajstić information content (AvgIpc) is 2.98. The number of carbonyl (C=O) groups is 2. The number of hydrogen-bond acceptors (Lipinski definition) is 6. The Bertz CT molecular complexity index is 482. The van der Waals surface area contributed by atoms with E-state index in [1.54, 1.807) is 0 Å². The number of carbonyl (C=O) groups excluding carboxylic acids is 2. The van der Waals surface area contributed by atoms with Crippen LogP contribution in [0.25, 0.3) is 0 Å². The summed E-state index contributed by atoms with van der Waals surface area (Å²) in [6.07, 6.45) is -0.356. The SMILES string of the molecule is CCNC(=O)NC1C2COC(O2)C(N2CCC(C(N)=O)CC2)C1O. The van der Waals surface area contributed by atoms with Crippen LogP contribution in [-0.2, 0) is 14.3 Å². The lowest BCUT2D eigenvalue weighted by Gasteiger charge is -2.45. The smallest absolute Gasteiger partial charge is 0.315 e. The molecule has 3 amide bonds. The number of aliphatic hydroxyl groups excluding tert-OH is 1. The summed E-state index contributed by atoms with van der Waals surface area (Å²) < 4.78 is 11.5. The molecular formula is C15H26N4O5. The second kappa shape index (κ2) is 7.22. The van der Waals surface area contributed by atoms with Crippen molar-refractivity contribution in [3.05, 3.63) is 0 Å². The summed E-state index contributed by atoms with van der Waals surface area (Å²) in [5, 5.41) is 16.3. The molecule has 3 aliphatic rings. The predicted octanol–water partition coefficient (Wildman–Crippen LogP) is -1.64. The molecule has 5 unspecified atom stereocenters. The molecule has 2 bridgehead atoms. The number of nitrogens with two attached hydrogens (primary N) is 1. The van der Waals surface area contributed by atoms with Crippen LogP contribution in [0.2, 0.25) is 0 Å². The molecular weight excluding hydrogens is 316 g/mol. The van der Waals surface area contributed by atoms with Crippen LogP contribution in [0.3, 0.4) is 0 Å². The first-order valence-electron chi connectivity index (χ1n) is 8.54. The minimum Gasteiger partial charge on any atom is -0.389 e. The van der Waals surface area contributed by atoms with Gasteiger partial charge in [0, 0.05) is 12.5 Å². The molecule has 0 radical (unpaired) electrons. The Labute approximate surface area is 140 Å². The van der Waals surface area contributed by atoms with Gasteiger partial charge in [-0.2, -0.15) is 0 Å². The summed E-state index contributed by atoms with van der Waals surface area (Å²) in [5.74, 6) is -0.396. The zero-order valence-electron chi connectivity index (χ0n) is 13.8. The number of ether oxygens (including phenoxy) is 2. The number of hydrogen-bond donors (Lipinski definition) is 4. The van der Waals surface area contributed by atoms with E-state index >= 15 is 0 Å². The van der Waals surface area contributed by atoms with Gasteiger partial charge >= 0.3 is 6.03 Å². The Morgan fingerprint density at radius 3 is 2.67 bits per heavy atom. The van der Waals surface area contributed by atoms with Gasteiger partial charge in [0.15, 0.2) is 6.29 Å². The minimum atomic E-state index is -0.802. The second-order valence-corrected chi connectivity index (χ2v) is 6.60. The Morgan fingerprint density at radius 1 is 1.33 bits per heavy atom. The molecule has 3 aliphatic heterocycles. The molecule has 0 aromatic heterocycles. The quantitative estimate of drug-likeness (QED) is 0.485. The molecule has 0 saturated carbocycles. The van der Waals surface area contributed by atoms with Crippen LogP contribution in [0.5, 0.6) is 0 Å². The fraction of sp³-hybridized carbons (Fsp3) is 0.867. The van der Waals surface area contributed by atoms with Crippen molar-refractivity contribution in [2.75, 3.05) is 26.2 Å². The molecule has 5 N–H and O–H groups in total. The van der Waals surface area contributed by atoms with Crippen LogP contribution in [0.4, 0.5) is 4.79 Å². The van der Waals surface area contributed by atoms with Gasteiger partial charge in [-0.1, -0.05) is 0 Å². The van der Waals surface area contributed by atoms with Gasteiger partial charge in [0.2, 0.25) is 5.91 Å². The van der Waals surface area contributed by atoms with Gasteiger partial charge in [-0.15, -0.1) is 0 Å². The summed E-state index contributed by atoms with van der Waals surface area (Å²) in [5.41, 5.74) is 5.37. The molecule has 9 heteroatoms. The molecule has 3 rings (SSSR count). The van der Waals surface area contributed by atoms with Crippen molar-refractivity contribution in [1.29, 1.82) is 0 Å². The molecule has 3 saturated heterocycles. The highest BCUT2D eigenvalue weighted by Crippen LogP contribution is 2.33. The highest BCUT2D eigenvalue weighted by molar-refractivity contribution is 5.76. The van der Waals surface area contributed by atoms with E-state index in [1.165, 1.54) is 0 Å². The van der Waals surface area contributed by atoms with Crippen molar-refractivity contribution in [3.63, 3.8) is 0 Å². The van der Waals surface area contributed by atoms with Crippen LogP contribution < -0.4 is 16.4 Å². The number of fused-ring (bicyclic) bond motifs is 2. The van der Waals surface area contributed by atoms with Crippen LogP contribution >= 0.6 is 0 Å². The predicted molar refractivity (Wildman–Crippen MR) is 83.9 cm³/mol. The van der Waals surface area contributed by atoms with Crippen LogP contribution in [0, 0.1) is 5.92 Å². The molecule has 3 fully saturated rings. The largest absolute Gasteiger partial charge is 0.389 e. The lowest BCUT2D eigenvalue weighted by molar-refractivity contribution is -0.184. The first-order chi connectivity index (χ1) is 11.5. The second-order valence-electron chi connectivity index (χ2n) is 6.60. The van der Waals surface area contributed by atoms with Gasteiger partial charge in [0.1, 0.15) is 6.10 Å². The topological polar surface area (TPSA) is 126 Å². The van der Waals surface area contributed by atoms with Crippen molar-refractivity contribution < 1.29 is 24.2 Å². The average molecular weight is 342 g/mol. The molecule has 3 heterocycles. The van der Waals surface area contributed by atoms with Crippen molar-refractivity contribution in [3.8, 4) is 0 Å². The van der Waals surface area contributed by atoms with E-state index in [9.17, 15) is 14.7 Å². The standard InChI is InChI=1S/C15H26N4O5/c1-2-17-15(22)18-10-9-7-23-14(24-9)11(12(10)20)19-5-3-8(4-6-19)13(16)21/h8-12,14,20H,2-7H2,1H3,(H2,16,21)(H2,17,18,22). The zero-order valence-corrected chi connectivity index (χ0v) is 13.8. The first kappa shape index (κ1) is 17.4. The van der Waals surface area contributed by atoms with E-state index in [-0.39, 0.29) is 30.0 Å². The number of nitrogens with one attached hydrogen (secondary N) is 2. The maximum absolute atomic E-state index is 11.8. The van der Waals surface area contributed by atoms with Gasteiger partial charge in [0.25, 0.3) is 0 Å². The highest BCUT2D eigenvalue weighted by Gasteiger charge is 2.53. The Morgan fingerprint density at radius 2 is 2.04 bits per heavy atom. The van der Waals surface area contributed by atoms with Crippen molar-refractivity contribution in [2.45, 2.75) is 50.3 Å². The normalized spacial score (nSPS) is 37.2. The Hall–Kier alpha value is -1.42. The maximum atomic E-state index is 11.8. The summed E-state index contributed by atoms with van der Waals surface area (Å²) in [6, 6.07) is -1.24. The van der Waals surface area contributed by atoms with E-state index in [2.05, 4.69) is 15.5 Å². The van der Waals surface area contributed by atoms with Crippen LogP contribution in [0.1, 0.15) is 19.8 Å². The molecule has 0 spiro atoms. The van der Waals surface area contributed by atoms with E-state index in [0.29, 0.717) is 39.1 Å². The summed E-state index contributed by atoms with van der Waals surface area (Å²) >= 11 is 0. The molecule has 24 heavy (non-hydrogen) atoms. The number of urea groups is 1. The van der Waals surface area contributed by atoms with E-state index in [4.69, 9.17) is 15.2 Å².